The maximum absolute atomic E-state index is 13.6. The Hall–Kier alpha value is -10.6. The van der Waals surface area contributed by atoms with E-state index in [4.69, 9.17) is 19.4 Å². The summed E-state index contributed by atoms with van der Waals surface area (Å²) in [6.45, 7) is 2.16. The van der Waals surface area contributed by atoms with Gasteiger partial charge in [-0.1, -0.05) is 164 Å². The van der Waals surface area contributed by atoms with Crippen LogP contribution in [-0.4, -0.2) is 41.1 Å². The predicted molar refractivity (Wildman–Crippen MR) is 327 cm³/mol. The summed E-state index contributed by atoms with van der Waals surface area (Å²) in [7, 11) is 2.83. The molecule has 7 heteroatoms. The van der Waals surface area contributed by atoms with Crippen LogP contribution in [-0.2, 0) is 9.47 Å². The highest BCUT2D eigenvalue weighted by Gasteiger charge is 2.24. The summed E-state index contributed by atoms with van der Waals surface area (Å²) < 4.78 is 10.8. The molecule has 7 nitrogen and oxygen atoms in total. The highest BCUT2D eigenvalue weighted by molar-refractivity contribution is 6.05. The maximum atomic E-state index is 13.6. The molecule has 3 heterocycles. The molecule has 81 heavy (non-hydrogen) atoms. The monoisotopic (exact) mass is 1050 g/mol. The Balaban J connectivity index is 1.11. The van der Waals surface area contributed by atoms with E-state index in [0.29, 0.717) is 11.1 Å². The van der Waals surface area contributed by atoms with Crippen LogP contribution >= 0.6 is 0 Å². The molecule has 0 aliphatic carbocycles. The van der Waals surface area contributed by atoms with Gasteiger partial charge in [0.15, 0.2) is 0 Å². The predicted octanol–water partition coefficient (Wildman–Crippen LogP) is 18.1. The molecule has 0 fully saturated rings. The summed E-state index contributed by atoms with van der Waals surface area (Å²) in [6.07, 6.45) is 5.41. The minimum Gasteiger partial charge on any atom is -0.465 e. The van der Waals surface area contributed by atoms with E-state index in [9.17, 15) is 9.59 Å². The molecule has 0 amide bonds. The van der Waals surface area contributed by atoms with E-state index in [1.54, 1.807) is 12.4 Å². The zero-order valence-corrected chi connectivity index (χ0v) is 44.9. The van der Waals surface area contributed by atoms with Crippen molar-refractivity contribution in [1.82, 2.24) is 15.0 Å². The molecule has 9 aromatic carbocycles. The first kappa shape index (κ1) is 51.1. The normalized spacial score (nSPS) is 11.0. The number of benzene rings is 9. The number of hydrogen-bond donors (Lipinski definition) is 0. The van der Waals surface area contributed by atoms with Gasteiger partial charge in [0.25, 0.3) is 0 Å². The number of ether oxygens (including phenoxy) is 2. The molecule has 0 unspecified atom stereocenters. The standard InChI is InChI=1S/C74H53N3O4/c1-48-42-49(70-30-14-17-39-75-70)33-36-55(48)59-23-7-4-20-56(59)52-43-53(57-21-5-8-24-60(57)64-37-34-50(71-31-15-18-40-76-71)46-68(64)62-26-10-12-28-66(62)73(78)80-2)45-54(44-52)58-22-6-9-25-61(58)65-38-35-51(72-32-16-19-41-77-72)47-69(65)63-27-11-13-29-67(63)74(79)81-3/h4-47H,1-3H3. The Morgan fingerprint density at radius 2 is 0.568 bits per heavy atom. The van der Waals surface area contributed by atoms with Crippen molar-refractivity contribution >= 4 is 11.9 Å². The number of aryl methyl sites for hydroxylation is 1. The lowest BCUT2D eigenvalue weighted by Crippen LogP contribution is -2.04. The summed E-state index contributed by atoms with van der Waals surface area (Å²) in [4.78, 5) is 41.3. The van der Waals surface area contributed by atoms with E-state index in [0.717, 1.165) is 128 Å². The van der Waals surface area contributed by atoms with E-state index >= 15 is 0 Å². The van der Waals surface area contributed by atoms with Crippen LogP contribution in [0.15, 0.2) is 267 Å². The molecular weight excluding hydrogens is 995 g/mol. The number of pyridine rings is 3. The molecule has 388 valence electrons. The van der Waals surface area contributed by atoms with Gasteiger partial charge in [-0.05, 0) is 186 Å². The molecule has 12 aromatic rings. The average Bonchev–Trinajstić information content (AvgIpc) is 3.55. The van der Waals surface area contributed by atoms with Crippen LogP contribution in [0.2, 0.25) is 0 Å². The summed E-state index contributed by atoms with van der Waals surface area (Å²) >= 11 is 0. The van der Waals surface area contributed by atoms with Crippen molar-refractivity contribution in [2.45, 2.75) is 6.92 Å². The Labute approximate surface area is 471 Å². The summed E-state index contributed by atoms with van der Waals surface area (Å²) in [5.74, 6) is -0.847. The number of methoxy groups -OCH3 is 2. The summed E-state index contributed by atoms with van der Waals surface area (Å²) in [5.41, 5.74) is 22.7. The third-order valence-electron chi connectivity index (χ3n) is 14.9. The topological polar surface area (TPSA) is 91.3 Å². The van der Waals surface area contributed by atoms with Crippen molar-refractivity contribution in [1.29, 1.82) is 0 Å². The van der Waals surface area contributed by atoms with Crippen molar-refractivity contribution in [3.63, 3.8) is 0 Å². The Kier molecular flexibility index (Phi) is 14.4. The number of esters is 2. The van der Waals surface area contributed by atoms with Crippen LogP contribution in [0, 0.1) is 6.92 Å². The average molecular weight is 1050 g/mol. The smallest absolute Gasteiger partial charge is 0.338 e. The van der Waals surface area contributed by atoms with Gasteiger partial charge in [-0.15, -0.1) is 0 Å². The van der Waals surface area contributed by atoms with Gasteiger partial charge in [-0.3, -0.25) is 15.0 Å². The number of carbonyl (C=O) groups excluding carboxylic acids is 2. The zero-order valence-electron chi connectivity index (χ0n) is 44.9. The molecule has 0 bridgehead atoms. The van der Waals surface area contributed by atoms with E-state index in [1.807, 2.05) is 109 Å². The van der Waals surface area contributed by atoms with Gasteiger partial charge in [0.05, 0.1) is 42.4 Å². The Morgan fingerprint density at radius 1 is 0.272 bits per heavy atom. The van der Waals surface area contributed by atoms with Crippen molar-refractivity contribution in [3.8, 4) is 123 Å². The molecule has 0 saturated heterocycles. The van der Waals surface area contributed by atoms with Crippen LogP contribution in [0.25, 0.3) is 123 Å². The fourth-order valence-corrected chi connectivity index (χ4v) is 11.1. The van der Waals surface area contributed by atoms with E-state index < -0.39 is 11.9 Å². The maximum Gasteiger partial charge on any atom is 0.338 e. The van der Waals surface area contributed by atoms with Gasteiger partial charge >= 0.3 is 11.9 Å². The quantitative estimate of drug-likeness (QED) is 0.106. The lowest BCUT2D eigenvalue weighted by molar-refractivity contribution is 0.0592. The molecule has 0 aliphatic rings. The third-order valence-corrected chi connectivity index (χ3v) is 14.9. The zero-order chi connectivity index (χ0) is 55.2. The first-order valence-electron chi connectivity index (χ1n) is 26.8. The number of nitrogens with zero attached hydrogens (tertiary/aromatic N) is 3. The minimum absolute atomic E-state index is 0.423. The van der Waals surface area contributed by atoms with Crippen LogP contribution in [0.3, 0.4) is 0 Å². The first-order chi connectivity index (χ1) is 39.8. The van der Waals surface area contributed by atoms with Crippen molar-refractivity contribution in [2.75, 3.05) is 14.2 Å². The summed E-state index contributed by atoms with van der Waals surface area (Å²) in [5, 5.41) is 0. The van der Waals surface area contributed by atoms with Gasteiger partial charge in [-0.25, -0.2) is 9.59 Å². The second-order valence-corrected chi connectivity index (χ2v) is 19.7. The fraction of sp³-hybridized carbons (Fsp3) is 0.0405. The fourth-order valence-electron chi connectivity index (χ4n) is 11.1. The molecule has 3 aromatic heterocycles. The largest absolute Gasteiger partial charge is 0.465 e. The van der Waals surface area contributed by atoms with Crippen molar-refractivity contribution < 1.29 is 19.1 Å². The highest BCUT2D eigenvalue weighted by Crippen LogP contribution is 2.47. The SMILES string of the molecule is COC(=O)c1ccccc1-c1cc(-c2ccccn2)ccc1-c1ccccc1-c1cc(-c2ccccc2-c2ccc(-c3ccccn3)cc2C)cc(-c2ccccc2-c2ccc(-c3ccccn3)cc2-c2ccccc2C(=O)OC)c1. The van der Waals surface area contributed by atoms with E-state index in [-0.39, 0.29) is 0 Å². The number of carbonyl (C=O) groups is 2. The number of aromatic nitrogens is 3. The second kappa shape index (κ2) is 22.8. The lowest BCUT2D eigenvalue weighted by Gasteiger charge is -2.21. The molecule has 0 spiro atoms. The second-order valence-electron chi connectivity index (χ2n) is 19.7. The molecule has 0 saturated carbocycles. The van der Waals surface area contributed by atoms with Gasteiger partial charge < -0.3 is 9.47 Å². The molecule has 0 radical (unpaired) electrons. The van der Waals surface area contributed by atoms with E-state index in [1.165, 1.54) is 14.2 Å². The van der Waals surface area contributed by atoms with Gasteiger partial charge in [0.1, 0.15) is 0 Å². The van der Waals surface area contributed by atoms with Crippen LogP contribution in [0.5, 0.6) is 0 Å². The molecule has 0 atom stereocenters. The molecule has 0 N–H and O–H groups in total. The molecule has 12 rings (SSSR count). The first-order valence-corrected chi connectivity index (χ1v) is 26.8. The Bertz CT molecular complexity index is 4100. The molecular formula is C74H53N3O4. The van der Waals surface area contributed by atoms with E-state index in [2.05, 4.69) is 158 Å². The third kappa shape index (κ3) is 10.2. The van der Waals surface area contributed by atoms with Crippen molar-refractivity contribution in [2.24, 2.45) is 0 Å². The van der Waals surface area contributed by atoms with Gasteiger partial charge in [0.2, 0.25) is 0 Å². The minimum atomic E-state index is -0.423. The Morgan fingerprint density at radius 3 is 0.914 bits per heavy atom. The van der Waals surface area contributed by atoms with Gasteiger partial charge in [0, 0.05) is 35.3 Å². The van der Waals surface area contributed by atoms with Gasteiger partial charge in [-0.2, -0.15) is 0 Å². The lowest BCUT2D eigenvalue weighted by atomic mass is 9.83. The summed E-state index contributed by atoms with van der Waals surface area (Å²) in [6, 6.07) is 84.7. The van der Waals surface area contributed by atoms with Crippen LogP contribution < -0.4 is 0 Å². The van der Waals surface area contributed by atoms with Crippen molar-refractivity contribution in [3.05, 3.63) is 284 Å². The van der Waals surface area contributed by atoms with Crippen LogP contribution in [0.4, 0.5) is 0 Å². The number of hydrogen-bond acceptors (Lipinski definition) is 7. The van der Waals surface area contributed by atoms with Crippen LogP contribution in [0.1, 0.15) is 26.3 Å². The number of rotatable bonds is 13. The molecule has 0 aliphatic heterocycles. The highest BCUT2D eigenvalue weighted by atomic mass is 16.5.